The third kappa shape index (κ3) is 7.52. The number of anilines is 1. The van der Waals surface area contributed by atoms with Crippen molar-refractivity contribution in [3.05, 3.63) is 84.1 Å². The van der Waals surface area contributed by atoms with Gasteiger partial charge in [0.15, 0.2) is 11.5 Å². The number of methoxy groups -OCH3 is 4. The van der Waals surface area contributed by atoms with E-state index in [4.69, 9.17) is 18.9 Å². The van der Waals surface area contributed by atoms with Crippen LogP contribution in [0.4, 0.5) is 10.5 Å². The molecule has 0 saturated carbocycles. The molecule has 2 N–H and O–H groups in total. The highest BCUT2D eigenvalue weighted by molar-refractivity contribution is 5.93. The van der Waals surface area contributed by atoms with E-state index in [2.05, 4.69) is 16.4 Å². The average Bonchev–Trinajstić information content (AvgIpc) is 3.44. The first kappa shape index (κ1) is 30.3. The van der Waals surface area contributed by atoms with E-state index in [9.17, 15) is 9.59 Å². The first-order valence-electron chi connectivity index (χ1n) is 13.7. The first-order chi connectivity index (χ1) is 20.5. The number of H-pyrrole nitrogens is 1. The third-order valence-electron chi connectivity index (χ3n) is 7.03. The number of hydrogen-bond donors (Lipinski definition) is 2. The van der Waals surface area contributed by atoms with Gasteiger partial charge in [-0.15, -0.1) is 0 Å². The van der Waals surface area contributed by atoms with Gasteiger partial charge in [0.1, 0.15) is 12.3 Å². The fourth-order valence-corrected chi connectivity index (χ4v) is 4.74. The molecule has 0 aliphatic carbocycles. The molecule has 0 saturated heterocycles. The van der Waals surface area contributed by atoms with E-state index in [-0.39, 0.29) is 25.6 Å². The maximum atomic E-state index is 13.9. The Bertz CT molecular complexity index is 1490. The van der Waals surface area contributed by atoms with Crippen LogP contribution in [0, 0.1) is 0 Å². The zero-order chi connectivity index (χ0) is 29.9. The van der Waals surface area contributed by atoms with Crippen molar-refractivity contribution >= 4 is 28.5 Å². The van der Waals surface area contributed by atoms with Crippen molar-refractivity contribution in [1.29, 1.82) is 0 Å². The molecular weight excluding hydrogens is 536 g/mol. The minimum atomic E-state index is -0.424. The van der Waals surface area contributed by atoms with Gasteiger partial charge in [-0.05, 0) is 47.9 Å². The van der Waals surface area contributed by atoms with Gasteiger partial charge in [-0.1, -0.05) is 36.4 Å². The van der Waals surface area contributed by atoms with Crippen LogP contribution in [0.15, 0.2) is 72.9 Å². The highest BCUT2D eigenvalue weighted by Crippen LogP contribution is 2.28. The fourth-order valence-electron chi connectivity index (χ4n) is 4.74. The molecule has 0 aliphatic rings. The monoisotopic (exact) mass is 574 g/mol. The molecule has 1 aromatic heterocycles. The van der Waals surface area contributed by atoms with Crippen LogP contribution in [0.2, 0.25) is 0 Å². The molecule has 222 valence electrons. The molecule has 0 radical (unpaired) electrons. The number of fused-ring (bicyclic) bond motifs is 1. The van der Waals surface area contributed by atoms with E-state index in [0.29, 0.717) is 42.4 Å². The lowest BCUT2D eigenvalue weighted by atomic mass is 10.1. The Morgan fingerprint density at radius 2 is 1.55 bits per heavy atom. The lowest BCUT2D eigenvalue weighted by molar-refractivity contribution is -0.132. The Morgan fingerprint density at radius 1 is 0.810 bits per heavy atom. The number of carbonyl (C=O) groups excluding carboxylic acids is 2. The molecule has 10 heteroatoms. The van der Waals surface area contributed by atoms with Crippen LogP contribution in [0.3, 0.4) is 0 Å². The second-order valence-electron chi connectivity index (χ2n) is 9.66. The summed E-state index contributed by atoms with van der Waals surface area (Å²) in [5.74, 6) is 1.52. The summed E-state index contributed by atoms with van der Waals surface area (Å²) in [7, 11) is 6.26. The van der Waals surface area contributed by atoms with E-state index in [1.165, 1.54) is 12.0 Å². The van der Waals surface area contributed by atoms with Crippen LogP contribution in [-0.2, 0) is 22.5 Å². The molecule has 0 bridgehead atoms. The number of rotatable bonds is 14. The van der Waals surface area contributed by atoms with Crippen LogP contribution < -0.4 is 19.5 Å². The normalized spacial score (nSPS) is 10.8. The minimum absolute atomic E-state index is 0.133. The standard InChI is InChI=1S/C32H38N4O6/c1-39-18-17-36(32(38)34-27-11-7-8-12-28(27)40-2)22-31(37)35(21-23-13-14-29(41-3)30(19-23)42-4)16-15-24-20-33-26-10-6-5-9-25(24)26/h5-14,19-20,33H,15-18,21-22H2,1-4H3,(H,34,38). The second kappa shape index (κ2) is 14.8. The number of hydrogen-bond acceptors (Lipinski definition) is 6. The smallest absolute Gasteiger partial charge is 0.322 e. The Balaban J connectivity index is 1.56. The number of aromatic nitrogens is 1. The lowest BCUT2D eigenvalue weighted by Crippen LogP contribution is -2.46. The van der Waals surface area contributed by atoms with Crippen molar-refractivity contribution in [3.8, 4) is 17.2 Å². The molecule has 0 fully saturated rings. The fraction of sp³-hybridized carbons (Fsp3) is 0.312. The topological polar surface area (TPSA) is 105 Å². The Kier molecular flexibility index (Phi) is 10.7. The summed E-state index contributed by atoms with van der Waals surface area (Å²) in [6, 6.07) is 20.4. The van der Waals surface area contributed by atoms with Crippen molar-refractivity contribution in [2.24, 2.45) is 0 Å². The number of ether oxygens (including phenoxy) is 4. The molecular formula is C32H38N4O6. The van der Waals surface area contributed by atoms with Gasteiger partial charge in [0.2, 0.25) is 5.91 Å². The van der Waals surface area contributed by atoms with Gasteiger partial charge in [-0.25, -0.2) is 4.79 Å². The van der Waals surface area contributed by atoms with Gasteiger partial charge in [0, 0.05) is 43.8 Å². The number of carbonyl (C=O) groups is 2. The summed E-state index contributed by atoms with van der Waals surface area (Å²) in [4.78, 5) is 33.7. The summed E-state index contributed by atoms with van der Waals surface area (Å²) in [6.45, 7) is 1.15. The summed E-state index contributed by atoms with van der Waals surface area (Å²) in [5.41, 5.74) is 3.55. The number of amides is 3. The molecule has 0 unspecified atom stereocenters. The van der Waals surface area contributed by atoms with Crippen molar-refractivity contribution in [1.82, 2.24) is 14.8 Å². The predicted molar refractivity (Wildman–Crippen MR) is 162 cm³/mol. The highest BCUT2D eigenvalue weighted by atomic mass is 16.5. The Labute approximate surface area is 246 Å². The van der Waals surface area contributed by atoms with E-state index < -0.39 is 6.03 Å². The van der Waals surface area contributed by atoms with Gasteiger partial charge in [-0.2, -0.15) is 0 Å². The lowest BCUT2D eigenvalue weighted by Gasteiger charge is -2.28. The molecule has 0 aliphatic heterocycles. The van der Waals surface area contributed by atoms with E-state index in [0.717, 1.165) is 22.0 Å². The van der Waals surface area contributed by atoms with Gasteiger partial charge >= 0.3 is 6.03 Å². The average molecular weight is 575 g/mol. The SMILES string of the molecule is COCCN(CC(=O)N(CCc1c[nH]c2ccccc12)Cc1ccc(OC)c(OC)c1)C(=O)Nc1ccccc1OC. The van der Waals surface area contributed by atoms with Crippen LogP contribution in [-0.4, -0.2) is 81.4 Å². The van der Waals surface area contributed by atoms with Gasteiger partial charge < -0.3 is 39.0 Å². The van der Waals surface area contributed by atoms with Crippen LogP contribution in [0.1, 0.15) is 11.1 Å². The summed E-state index contributed by atoms with van der Waals surface area (Å²) in [5, 5.41) is 3.99. The summed E-state index contributed by atoms with van der Waals surface area (Å²) in [6.07, 6.45) is 2.61. The number of benzene rings is 3. The van der Waals surface area contributed by atoms with E-state index >= 15 is 0 Å². The zero-order valence-corrected chi connectivity index (χ0v) is 24.5. The first-order valence-corrected chi connectivity index (χ1v) is 13.7. The van der Waals surface area contributed by atoms with Crippen molar-refractivity contribution in [2.75, 3.05) is 60.0 Å². The summed E-state index contributed by atoms with van der Waals surface area (Å²) < 4.78 is 21.5. The molecule has 0 spiro atoms. The number of nitrogens with one attached hydrogen (secondary N) is 2. The maximum absolute atomic E-state index is 13.9. The largest absolute Gasteiger partial charge is 0.495 e. The molecule has 3 amide bonds. The quantitative estimate of drug-likeness (QED) is 0.221. The third-order valence-corrected chi connectivity index (χ3v) is 7.03. The number of nitrogens with zero attached hydrogens (tertiary/aromatic N) is 2. The predicted octanol–water partition coefficient (Wildman–Crippen LogP) is 4.95. The van der Waals surface area contributed by atoms with E-state index in [1.54, 1.807) is 44.4 Å². The maximum Gasteiger partial charge on any atom is 0.322 e. The summed E-state index contributed by atoms with van der Waals surface area (Å²) >= 11 is 0. The minimum Gasteiger partial charge on any atom is -0.495 e. The zero-order valence-electron chi connectivity index (χ0n) is 24.5. The Hall–Kier alpha value is -4.70. The van der Waals surface area contributed by atoms with Crippen molar-refractivity contribution in [3.63, 3.8) is 0 Å². The van der Waals surface area contributed by atoms with Crippen LogP contribution in [0.25, 0.3) is 10.9 Å². The molecule has 42 heavy (non-hydrogen) atoms. The van der Waals surface area contributed by atoms with E-state index in [1.807, 2.05) is 48.7 Å². The number of urea groups is 1. The highest BCUT2D eigenvalue weighted by Gasteiger charge is 2.23. The Morgan fingerprint density at radius 3 is 2.31 bits per heavy atom. The molecule has 3 aromatic carbocycles. The molecule has 4 aromatic rings. The van der Waals surface area contributed by atoms with Gasteiger partial charge in [0.05, 0.1) is 33.6 Å². The van der Waals surface area contributed by atoms with Gasteiger partial charge in [0.25, 0.3) is 0 Å². The number of para-hydroxylation sites is 3. The van der Waals surface area contributed by atoms with Gasteiger partial charge in [-0.3, -0.25) is 4.79 Å². The van der Waals surface area contributed by atoms with Crippen molar-refractivity contribution < 1.29 is 28.5 Å². The molecule has 0 atom stereocenters. The number of aromatic amines is 1. The molecule has 1 heterocycles. The van der Waals surface area contributed by atoms with Crippen molar-refractivity contribution in [2.45, 2.75) is 13.0 Å². The van der Waals surface area contributed by atoms with Crippen LogP contribution >= 0.6 is 0 Å². The molecule has 10 nitrogen and oxygen atoms in total. The second-order valence-corrected chi connectivity index (χ2v) is 9.66. The molecule has 4 rings (SSSR count). The van der Waals surface area contributed by atoms with Crippen LogP contribution in [0.5, 0.6) is 17.2 Å².